The second kappa shape index (κ2) is 6.88. The lowest BCUT2D eigenvalue weighted by Crippen LogP contribution is -2.05. The molecule has 2 aromatic carbocycles. The number of halogens is 1. The van der Waals surface area contributed by atoms with E-state index in [1.807, 2.05) is 19.1 Å². The molecule has 3 rings (SSSR count). The third kappa shape index (κ3) is 3.49. The van der Waals surface area contributed by atoms with Gasteiger partial charge in [-0.3, -0.25) is 0 Å². The number of carbonyl (C=O) groups is 1. The fraction of sp³-hybridized carbons (Fsp3) is 0.111. The van der Waals surface area contributed by atoms with Crippen molar-refractivity contribution >= 4 is 33.9 Å². The number of rotatable bonds is 4. The molecular formula is C18H14BrNO4. The van der Waals surface area contributed by atoms with Crippen LogP contribution in [0, 0.1) is 0 Å². The predicted octanol–water partition coefficient (Wildman–Crippen LogP) is 3.90. The SMILES string of the molecule is CCOc1ccc(C=C2N=C(c3ccc(Br)cc3)OC2=O)c(O)c1. The first-order chi connectivity index (χ1) is 11.6. The van der Waals surface area contributed by atoms with Gasteiger partial charge in [0.15, 0.2) is 5.70 Å². The molecule has 0 amide bonds. The van der Waals surface area contributed by atoms with Gasteiger partial charge in [0.1, 0.15) is 11.5 Å². The number of ether oxygens (including phenoxy) is 2. The molecule has 1 N–H and O–H groups in total. The molecule has 0 aromatic heterocycles. The van der Waals surface area contributed by atoms with Crippen molar-refractivity contribution in [1.82, 2.24) is 0 Å². The van der Waals surface area contributed by atoms with Gasteiger partial charge in [0.2, 0.25) is 5.90 Å². The van der Waals surface area contributed by atoms with E-state index < -0.39 is 5.97 Å². The molecule has 0 spiro atoms. The Morgan fingerprint density at radius 3 is 2.67 bits per heavy atom. The van der Waals surface area contributed by atoms with Crippen LogP contribution >= 0.6 is 15.9 Å². The third-order valence-electron chi connectivity index (χ3n) is 3.32. The maximum absolute atomic E-state index is 12.0. The first-order valence-electron chi connectivity index (χ1n) is 7.31. The van der Waals surface area contributed by atoms with E-state index in [4.69, 9.17) is 9.47 Å². The van der Waals surface area contributed by atoms with Crippen LogP contribution in [0.1, 0.15) is 18.1 Å². The van der Waals surface area contributed by atoms with Gasteiger partial charge in [-0.1, -0.05) is 15.9 Å². The van der Waals surface area contributed by atoms with Gasteiger partial charge in [0.05, 0.1) is 6.61 Å². The number of aromatic hydroxyl groups is 1. The van der Waals surface area contributed by atoms with Crippen molar-refractivity contribution < 1.29 is 19.4 Å². The Bertz CT molecular complexity index is 841. The van der Waals surface area contributed by atoms with Gasteiger partial charge in [-0.2, -0.15) is 0 Å². The van der Waals surface area contributed by atoms with Crippen LogP contribution in [-0.4, -0.2) is 23.6 Å². The minimum absolute atomic E-state index is 0.00791. The number of nitrogens with zero attached hydrogens (tertiary/aromatic N) is 1. The second-order valence-electron chi connectivity index (χ2n) is 5.00. The Kier molecular flexibility index (Phi) is 4.66. The summed E-state index contributed by atoms with van der Waals surface area (Å²) in [6, 6.07) is 12.1. The molecule has 0 atom stereocenters. The van der Waals surface area contributed by atoms with Crippen molar-refractivity contribution in [2.24, 2.45) is 4.99 Å². The molecule has 0 bridgehead atoms. The minimum atomic E-state index is -0.554. The third-order valence-corrected chi connectivity index (χ3v) is 3.85. The molecule has 0 radical (unpaired) electrons. The number of aliphatic imine (C=N–C) groups is 1. The van der Waals surface area contributed by atoms with Crippen molar-refractivity contribution in [3.63, 3.8) is 0 Å². The lowest BCUT2D eigenvalue weighted by Gasteiger charge is -2.05. The van der Waals surface area contributed by atoms with Crippen molar-refractivity contribution in [1.29, 1.82) is 0 Å². The number of cyclic esters (lactones) is 1. The zero-order valence-corrected chi connectivity index (χ0v) is 14.4. The number of carbonyl (C=O) groups excluding carboxylic acids is 1. The van der Waals surface area contributed by atoms with Crippen LogP contribution in [-0.2, 0) is 9.53 Å². The predicted molar refractivity (Wildman–Crippen MR) is 94.0 cm³/mol. The highest BCUT2D eigenvalue weighted by atomic mass is 79.9. The molecule has 5 nitrogen and oxygen atoms in total. The highest BCUT2D eigenvalue weighted by Gasteiger charge is 2.24. The van der Waals surface area contributed by atoms with E-state index in [2.05, 4.69) is 20.9 Å². The molecule has 0 aliphatic carbocycles. The van der Waals surface area contributed by atoms with Crippen LogP contribution in [0.5, 0.6) is 11.5 Å². The summed E-state index contributed by atoms with van der Waals surface area (Å²) in [5.41, 5.74) is 1.30. The summed E-state index contributed by atoms with van der Waals surface area (Å²) < 4.78 is 11.4. The van der Waals surface area contributed by atoms with Gasteiger partial charge < -0.3 is 14.6 Å². The van der Waals surface area contributed by atoms with E-state index in [-0.39, 0.29) is 17.3 Å². The van der Waals surface area contributed by atoms with E-state index in [1.54, 1.807) is 24.3 Å². The van der Waals surface area contributed by atoms with Gasteiger partial charge in [-0.25, -0.2) is 9.79 Å². The average molecular weight is 388 g/mol. The molecule has 0 saturated carbocycles. The zero-order valence-electron chi connectivity index (χ0n) is 12.8. The molecule has 0 unspecified atom stereocenters. The van der Waals surface area contributed by atoms with Crippen molar-refractivity contribution in [3.05, 3.63) is 63.8 Å². The van der Waals surface area contributed by atoms with E-state index in [9.17, 15) is 9.90 Å². The number of esters is 1. The van der Waals surface area contributed by atoms with Crippen molar-refractivity contribution in [2.75, 3.05) is 6.61 Å². The fourth-order valence-corrected chi connectivity index (χ4v) is 2.44. The Morgan fingerprint density at radius 2 is 2.00 bits per heavy atom. The summed E-state index contributed by atoms with van der Waals surface area (Å²) in [7, 11) is 0. The maximum Gasteiger partial charge on any atom is 0.363 e. The van der Waals surface area contributed by atoms with Gasteiger partial charge in [0.25, 0.3) is 0 Å². The molecule has 122 valence electrons. The number of hydrogen-bond donors (Lipinski definition) is 1. The first kappa shape index (κ1) is 16.3. The summed E-state index contributed by atoms with van der Waals surface area (Å²) in [6.07, 6.45) is 1.49. The smallest absolute Gasteiger partial charge is 0.363 e. The van der Waals surface area contributed by atoms with Crippen molar-refractivity contribution in [2.45, 2.75) is 6.92 Å². The van der Waals surface area contributed by atoms with E-state index in [0.29, 0.717) is 23.5 Å². The van der Waals surface area contributed by atoms with Crippen LogP contribution in [0.4, 0.5) is 0 Å². The van der Waals surface area contributed by atoms with Gasteiger partial charge in [0, 0.05) is 21.7 Å². The van der Waals surface area contributed by atoms with Crippen LogP contribution in [0.3, 0.4) is 0 Å². The van der Waals surface area contributed by atoms with Crippen LogP contribution in [0.25, 0.3) is 6.08 Å². The van der Waals surface area contributed by atoms with E-state index >= 15 is 0 Å². The normalized spacial score (nSPS) is 15.3. The Morgan fingerprint density at radius 1 is 1.25 bits per heavy atom. The number of phenolic OH excluding ortho intramolecular Hbond substituents is 1. The molecule has 0 saturated heterocycles. The number of phenols is 1. The Balaban J connectivity index is 1.89. The molecule has 1 heterocycles. The average Bonchev–Trinajstić information content (AvgIpc) is 2.92. The quantitative estimate of drug-likeness (QED) is 0.637. The van der Waals surface area contributed by atoms with Gasteiger partial charge in [-0.05, 0) is 49.4 Å². The maximum atomic E-state index is 12.0. The molecule has 1 aliphatic rings. The monoisotopic (exact) mass is 387 g/mol. The number of benzene rings is 2. The molecule has 0 fully saturated rings. The summed E-state index contributed by atoms with van der Waals surface area (Å²) in [5, 5.41) is 10.0. The van der Waals surface area contributed by atoms with Gasteiger partial charge in [-0.15, -0.1) is 0 Å². The highest BCUT2D eigenvalue weighted by Crippen LogP contribution is 2.27. The Labute approximate surface area is 147 Å². The highest BCUT2D eigenvalue weighted by molar-refractivity contribution is 9.10. The van der Waals surface area contributed by atoms with Crippen molar-refractivity contribution in [3.8, 4) is 11.5 Å². The van der Waals surface area contributed by atoms with Crippen LogP contribution in [0.15, 0.2) is 57.6 Å². The summed E-state index contributed by atoms with van der Waals surface area (Å²) >= 11 is 3.35. The molecular weight excluding hydrogens is 374 g/mol. The lowest BCUT2D eigenvalue weighted by molar-refractivity contribution is -0.129. The molecule has 2 aromatic rings. The van der Waals surface area contributed by atoms with Crippen LogP contribution < -0.4 is 4.74 Å². The number of hydrogen-bond acceptors (Lipinski definition) is 5. The largest absolute Gasteiger partial charge is 0.507 e. The zero-order chi connectivity index (χ0) is 17.1. The summed E-state index contributed by atoms with van der Waals surface area (Å²) in [4.78, 5) is 16.2. The topological polar surface area (TPSA) is 68.1 Å². The van der Waals surface area contributed by atoms with E-state index in [0.717, 1.165) is 4.47 Å². The standard InChI is InChI=1S/C18H14BrNO4/c1-2-23-14-8-5-12(16(21)10-14)9-15-18(22)24-17(20-15)11-3-6-13(19)7-4-11/h3-10,21H,2H2,1H3. The molecule has 6 heteroatoms. The van der Waals surface area contributed by atoms with E-state index in [1.165, 1.54) is 12.1 Å². The molecule has 24 heavy (non-hydrogen) atoms. The van der Waals surface area contributed by atoms with Gasteiger partial charge >= 0.3 is 5.97 Å². The summed E-state index contributed by atoms with van der Waals surface area (Å²) in [5.74, 6) is 0.254. The lowest BCUT2D eigenvalue weighted by atomic mass is 10.1. The second-order valence-corrected chi connectivity index (χ2v) is 5.91. The minimum Gasteiger partial charge on any atom is -0.507 e. The van der Waals surface area contributed by atoms with Crippen LogP contribution in [0.2, 0.25) is 0 Å². The first-order valence-corrected chi connectivity index (χ1v) is 8.10. The fourth-order valence-electron chi connectivity index (χ4n) is 2.17. The summed E-state index contributed by atoms with van der Waals surface area (Å²) in [6.45, 7) is 2.37. The molecule has 1 aliphatic heterocycles. The Hall–Kier alpha value is -2.60.